The smallest absolute Gasteiger partial charge is 0.0720 e. The minimum atomic E-state index is -1.01. The van der Waals surface area contributed by atoms with E-state index in [2.05, 4.69) is 25.7 Å². The Labute approximate surface area is 97.2 Å². The highest BCUT2D eigenvalue weighted by atomic mass is 28.3. The molecule has 1 rings (SSSR count). The van der Waals surface area contributed by atoms with Crippen LogP contribution >= 0.6 is 0 Å². The van der Waals surface area contributed by atoms with Gasteiger partial charge < -0.3 is 0 Å². The molecule has 1 aliphatic rings. The maximum Gasteiger partial charge on any atom is 0.0720 e. The summed E-state index contributed by atoms with van der Waals surface area (Å²) in [6, 6.07) is 0. The first-order valence-electron chi connectivity index (χ1n) is 6.80. The van der Waals surface area contributed by atoms with E-state index in [9.17, 15) is 0 Å². The fraction of sp³-hybridized carbons (Fsp3) is 0.857. The molecule has 0 heterocycles. The fourth-order valence-electron chi connectivity index (χ4n) is 2.40. The van der Waals surface area contributed by atoms with Gasteiger partial charge in [-0.2, -0.15) is 0 Å². The van der Waals surface area contributed by atoms with Crippen molar-refractivity contribution >= 4 is 8.07 Å². The van der Waals surface area contributed by atoms with E-state index in [4.69, 9.17) is 0 Å². The van der Waals surface area contributed by atoms with Gasteiger partial charge in [0.15, 0.2) is 0 Å². The molecule has 0 radical (unpaired) electrons. The van der Waals surface area contributed by atoms with Crippen LogP contribution < -0.4 is 0 Å². The van der Waals surface area contributed by atoms with E-state index < -0.39 is 8.07 Å². The van der Waals surface area contributed by atoms with Crippen LogP contribution in [0.4, 0.5) is 0 Å². The summed E-state index contributed by atoms with van der Waals surface area (Å²) in [5.74, 6) is 0. The van der Waals surface area contributed by atoms with Gasteiger partial charge in [0.2, 0.25) is 0 Å². The highest BCUT2D eigenvalue weighted by Gasteiger charge is 2.18. The molecule has 0 saturated carbocycles. The van der Waals surface area contributed by atoms with Crippen LogP contribution in [0, 0.1) is 0 Å². The highest BCUT2D eigenvalue weighted by molar-refractivity contribution is 6.83. The molecule has 0 amide bonds. The zero-order chi connectivity index (χ0) is 11.1. The summed E-state index contributed by atoms with van der Waals surface area (Å²) in [5, 5.41) is 1.84. The van der Waals surface area contributed by atoms with Crippen LogP contribution in [0.2, 0.25) is 19.6 Å². The van der Waals surface area contributed by atoms with Crippen LogP contribution in [0.1, 0.15) is 57.8 Å². The predicted molar refractivity (Wildman–Crippen MR) is 73.0 cm³/mol. The zero-order valence-electron chi connectivity index (χ0n) is 10.9. The van der Waals surface area contributed by atoms with Crippen LogP contribution in [0.5, 0.6) is 0 Å². The van der Waals surface area contributed by atoms with Crippen molar-refractivity contribution in [3.8, 4) is 0 Å². The minimum Gasteiger partial charge on any atom is -0.0892 e. The molecule has 0 unspecified atom stereocenters. The number of hydrogen-bond donors (Lipinski definition) is 0. The van der Waals surface area contributed by atoms with Crippen molar-refractivity contribution in [3.63, 3.8) is 0 Å². The average molecular weight is 224 g/mol. The lowest BCUT2D eigenvalue weighted by molar-refractivity contribution is 0.588. The molecule has 0 aromatic rings. The maximum absolute atomic E-state index is 2.59. The summed E-state index contributed by atoms with van der Waals surface area (Å²) in [7, 11) is -1.01. The first kappa shape index (κ1) is 13.0. The van der Waals surface area contributed by atoms with Crippen LogP contribution in [-0.4, -0.2) is 8.07 Å². The van der Waals surface area contributed by atoms with Crippen molar-refractivity contribution < 1.29 is 0 Å². The van der Waals surface area contributed by atoms with Gasteiger partial charge in [-0.15, -0.1) is 0 Å². The van der Waals surface area contributed by atoms with E-state index in [1.807, 2.05) is 5.20 Å². The van der Waals surface area contributed by atoms with Crippen LogP contribution in [-0.2, 0) is 0 Å². The molecule has 1 aliphatic carbocycles. The van der Waals surface area contributed by atoms with Crippen molar-refractivity contribution in [3.05, 3.63) is 11.3 Å². The van der Waals surface area contributed by atoms with E-state index in [-0.39, 0.29) is 0 Å². The quantitative estimate of drug-likeness (QED) is 0.529. The molecule has 0 aliphatic heterocycles. The summed E-state index contributed by atoms with van der Waals surface area (Å²) < 4.78 is 0. The Bertz CT molecular complexity index is 198. The van der Waals surface area contributed by atoms with Crippen LogP contribution in [0.25, 0.3) is 0 Å². The van der Waals surface area contributed by atoms with Gasteiger partial charge in [0.25, 0.3) is 0 Å². The lowest BCUT2D eigenvalue weighted by Gasteiger charge is -2.21. The van der Waals surface area contributed by atoms with Gasteiger partial charge in [0, 0.05) is 0 Å². The lowest BCUT2D eigenvalue weighted by atomic mass is 10.1. The maximum atomic E-state index is 2.59. The number of hydrogen-bond acceptors (Lipinski definition) is 0. The molecular formula is C14H28Si. The summed E-state index contributed by atoms with van der Waals surface area (Å²) in [5.41, 5.74) is 0. The Balaban J connectivity index is 2.52. The Hall–Kier alpha value is -0.0431. The number of allylic oxidation sites excluding steroid dienone is 2. The van der Waals surface area contributed by atoms with Crippen molar-refractivity contribution in [2.45, 2.75) is 77.4 Å². The van der Waals surface area contributed by atoms with Gasteiger partial charge in [-0.05, 0) is 25.7 Å². The normalized spacial score (nSPS) is 25.1. The summed E-state index contributed by atoms with van der Waals surface area (Å²) >= 11 is 0. The Morgan fingerprint density at radius 1 is 0.800 bits per heavy atom. The third-order valence-corrected chi connectivity index (χ3v) is 5.89. The van der Waals surface area contributed by atoms with Gasteiger partial charge in [0.05, 0.1) is 8.07 Å². The fourth-order valence-corrected chi connectivity index (χ4v) is 4.09. The molecule has 0 aromatic carbocycles. The molecule has 0 bridgehead atoms. The molecule has 0 nitrogen and oxygen atoms in total. The minimum absolute atomic E-state index is 1.01. The molecule has 0 N–H and O–H groups in total. The predicted octanol–water partition coefficient (Wildman–Crippen LogP) is 5.31. The average Bonchev–Trinajstić information content (AvgIpc) is 2.20. The lowest BCUT2D eigenvalue weighted by Crippen LogP contribution is -2.24. The summed E-state index contributed by atoms with van der Waals surface area (Å²) in [4.78, 5) is 0. The second kappa shape index (κ2) is 6.52. The molecule has 1 heteroatoms. The molecule has 0 spiro atoms. The van der Waals surface area contributed by atoms with Gasteiger partial charge in [-0.25, -0.2) is 0 Å². The first-order valence-corrected chi connectivity index (χ1v) is 10.3. The second-order valence-corrected chi connectivity index (χ2v) is 11.1. The molecule has 0 aromatic heterocycles. The van der Waals surface area contributed by atoms with E-state index in [1.54, 1.807) is 0 Å². The van der Waals surface area contributed by atoms with Crippen molar-refractivity contribution in [2.75, 3.05) is 0 Å². The Morgan fingerprint density at radius 2 is 1.33 bits per heavy atom. The highest BCUT2D eigenvalue weighted by Crippen LogP contribution is 2.23. The molecule has 0 atom stereocenters. The summed E-state index contributed by atoms with van der Waals surface area (Å²) in [6.45, 7) is 7.50. The van der Waals surface area contributed by atoms with Crippen LogP contribution in [0.15, 0.2) is 11.3 Å². The van der Waals surface area contributed by atoms with Gasteiger partial charge >= 0.3 is 0 Å². The molecule has 88 valence electrons. The van der Waals surface area contributed by atoms with E-state index >= 15 is 0 Å². The van der Waals surface area contributed by atoms with Gasteiger partial charge in [-0.1, -0.05) is 63.0 Å². The molecule has 15 heavy (non-hydrogen) atoms. The first-order chi connectivity index (χ1) is 7.11. The largest absolute Gasteiger partial charge is 0.0892 e. The van der Waals surface area contributed by atoms with Crippen molar-refractivity contribution in [2.24, 2.45) is 0 Å². The van der Waals surface area contributed by atoms with Gasteiger partial charge in [0.1, 0.15) is 0 Å². The Morgan fingerprint density at radius 3 is 1.93 bits per heavy atom. The van der Waals surface area contributed by atoms with E-state index in [1.165, 1.54) is 57.8 Å². The standard InChI is InChI=1S/C14H28Si/c1-15(2,3)14-12-10-8-6-4-5-7-9-11-13-14/h12H,4-11,13H2,1-3H3/b14-12+. The van der Waals surface area contributed by atoms with Crippen LogP contribution in [0.3, 0.4) is 0 Å². The summed E-state index contributed by atoms with van der Waals surface area (Å²) in [6.07, 6.45) is 15.5. The molecule has 0 saturated heterocycles. The number of rotatable bonds is 1. The van der Waals surface area contributed by atoms with E-state index in [0.717, 1.165) is 0 Å². The third kappa shape index (κ3) is 5.55. The topological polar surface area (TPSA) is 0 Å². The van der Waals surface area contributed by atoms with E-state index in [0.29, 0.717) is 0 Å². The van der Waals surface area contributed by atoms with Gasteiger partial charge in [-0.3, -0.25) is 0 Å². The SMILES string of the molecule is C[Si](C)(C)/C1=C/CCCCCCCCC1. The zero-order valence-corrected chi connectivity index (χ0v) is 11.9. The second-order valence-electron chi connectivity index (χ2n) is 5.99. The monoisotopic (exact) mass is 224 g/mol. The Kier molecular flexibility index (Phi) is 5.66. The third-order valence-electron chi connectivity index (χ3n) is 3.50. The van der Waals surface area contributed by atoms with Crippen molar-refractivity contribution in [1.82, 2.24) is 0 Å². The van der Waals surface area contributed by atoms with Crippen molar-refractivity contribution in [1.29, 1.82) is 0 Å². The molecular weight excluding hydrogens is 196 g/mol. The molecule has 0 fully saturated rings.